The van der Waals surface area contributed by atoms with Gasteiger partial charge < -0.3 is 10.2 Å². The van der Waals surface area contributed by atoms with E-state index < -0.39 is 0 Å². The Labute approximate surface area is 203 Å². The molecule has 5 heterocycles. The van der Waals surface area contributed by atoms with Gasteiger partial charge in [-0.1, -0.05) is 17.9 Å². The molecule has 1 N–H and O–H groups in total. The number of anilines is 2. The van der Waals surface area contributed by atoms with Gasteiger partial charge in [0.05, 0.1) is 33.8 Å². The van der Waals surface area contributed by atoms with Crippen LogP contribution in [0.15, 0.2) is 55.1 Å². The summed E-state index contributed by atoms with van der Waals surface area (Å²) in [6.45, 7) is 8.09. The lowest BCUT2D eigenvalue weighted by atomic mass is 9.95. The summed E-state index contributed by atoms with van der Waals surface area (Å²) < 4.78 is 2.05. The number of nitrogens with zero attached hydrogens (tertiary/aromatic N) is 6. The fourth-order valence-corrected chi connectivity index (χ4v) is 5.99. The van der Waals surface area contributed by atoms with Gasteiger partial charge in [0.15, 0.2) is 5.13 Å². The van der Waals surface area contributed by atoms with Crippen molar-refractivity contribution in [2.75, 3.05) is 23.3 Å². The molecule has 1 saturated heterocycles. The van der Waals surface area contributed by atoms with Crippen molar-refractivity contribution >= 4 is 22.3 Å². The summed E-state index contributed by atoms with van der Waals surface area (Å²) in [5.74, 6) is 1.04. The predicted octanol–water partition coefficient (Wildman–Crippen LogP) is 5.49. The lowest BCUT2D eigenvalue weighted by Gasteiger charge is -2.27. The highest BCUT2D eigenvalue weighted by Gasteiger charge is 2.30. The molecule has 0 spiro atoms. The third-order valence-corrected chi connectivity index (χ3v) is 7.44. The fraction of sp³-hybridized carbons (Fsp3) is 0.308. The van der Waals surface area contributed by atoms with E-state index >= 15 is 0 Å². The van der Waals surface area contributed by atoms with Crippen LogP contribution in [-0.4, -0.2) is 37.8 Å². The highest BCUT2D eigenvalue weighted by atomic mass is 32.1. The number of thiazole rings is 1. The van der Waals surface area contributed by atoms with E-state index in [0.29, 0.717) is 0 Å². The Balaban J connectivity index is 1.47. The summed E-state index contributed by atoms with van der Waals surface area (Å²) >= 11 is 1.66. The van der Waals surface area contributed by atoms with Crippen molar-refractivity contribution in [2.45, 2.75) is 39.0 Å². The molecule has 1 fully saturated rings. The first kappa shape index (κ1) is 21.0. The van der Waals surface area contributed by atoms with Crippen LogP contribution in [0.5, 0.6) is 0 Å². The molecule has 6 rings (SSSR count). The molecular formula is C26H27N7S. The maximum Gasteiger partial charge on any atom is 0.187 e. The average Bonchev–Trinajstić information content (AvgIpc) is 3.46. The number of hydrogen-bond acceptors (Lipinski definition) is 7. The SMILES string of the molecule is C=C(C)Nc1nc2c(s1)-c1c(c(-c3cccnc3)nn1-c1ccc(N3CCCCC3)nc1)CC2. The van der Waals surface area contributed by atoms with E-state index in [1.165, 1.54) is 24.8 Å². The highest BCUT2D eigenvalue weighted by molar-refractivity contribution is 7.19. The monoisotopic (exact) mass is 469 g/mol. The van der Waals surface area contributed by atoms with Crippen molar-refractivity contribution in [3.8, 4) is 27.5 Å². The third kappa shape index (κ3) is 3.77. The minimum Gasteiger partial charge on any atom is -0.357 e. The lowest BCUT2D eigenvalue weighted by molar-refractivity contribution is 0.573. The zero-order chi connectivity index (χ0) is 23.1. The van der Waals surface area contributed by atoms with Crippen LogP contribution in [0.3, 0.4) is 0 Å². The maximum atomic E-state index is 5.11. The summed E-state index contributed by atoms with van der Waals surface area (Å²) in [4.78, 5) is 17.6. The van der Waals surface area contributed by atoms with Gasteiger partial charge in [-0.3, -0.25) is 4.98 Å². The van der Waals surface area contributed by atoms with Gasteiger partial charge in [0.2, 0.25) is 0 Å². The Bertz CT molecular complexity index is 1330. The van der Waals surface area contributed by atoms with Gasteiger partial charge in [-0.25, -0.2) is 14.6 Å². The van der Waals surface area contributed by atoms with Gasteiger partial charge in [-0.05, 0) is 63.3 Å². The van der Waals surface area contributed by atoms with Crippen molar-refractivity contribution in [1.29, 1.82) is 0 Å². The Morgan fingerprint density at radius 1 is 1.09 bits per heavy atom. The molecule has 0 unspecified atom stereocenters. The Morgan fingerprint density at radius 3 is 2.71 bits per heavy atom. The molecule has 1 aliphatic carbocycles. The third-order valence-electron chi connectivity index (χ3n) is 6.42. The molecule has 8 heteroatoms. The average molecular weight is 470 g/mol. The summed E-state index contributed by atoms with van der Waals surface area (Å²) in [5, 5.41) is 9.27. The van der Waals surface area contributed by atoms with E-state index in [-0.39, 0.29) is 0 Å². The molecule has 0 aromatic carbocycles. The summed E-state index contributed by atoms with van der Waals surface area (Å²) in [6, 6.07) is 8.31. The smallest absolute Gasteiger partial charge is 0.187 e. The molecule has 0 bridgehead atoms. The summed E-state index contributed by atoms with van der Waals surface area (Å²) in [7, 11) is 0. The number of fused-ring (bicyclic) bond motifs is 3. The Hall–Kier alpha value is -3.52. The number of pyridine rings is 2. The van der Waals surface area contributed by atoms with E-state index in [1.54, 1.807) is 17.5 Å². The lowest BCUT2D eigenvalue weighted by Crippen LogP contribution is -2.30. The van der Waals surface area contributed by atoms with Crippen molar-refractivity contribution in [2.24, 2.45) is 0 Å². The predicted molar refractivity (Wildman–Crippen MR) is 138 cm³/mol. The largest absolute Gasteiger partial charge is 0.357 e. The van der Waals surface area contributed by atoms with E-state index in [2.05, 4.69) is 40.0 Å². The van der Waals surface area contributed by atoms with Crippen molar-refractivity contribution in [3.63, 3.8) is 0 Å². The van der Waals surface area contributed by atoms with Crippen LogP contribution in [0.1, 0.15) is 37.4 Å². The zero-order valence-corrected chi connectivity index (χ0v) is 20.1. The van der Waals surface area contributed by atoms with E-state index in [4.69, 9.17) is 15.1 Å². The number of aryl methyl sites for hydroxylation is 1. The van der Waals surface area contributed by atoms with Crippen LogP contribution in [0, 0.1) is 0 Å². The topological polar surface area (TPSA) is 71.8 Å². The minimum absolute atomic E-state index is 0.875. The minimum atomic E-state index is 0.875. The van der Waals surface area contributed by atoms with Crippen LogP contribution in [-0.2, 0) is 12.8 Å². The molecule has 4 aromatic heterocycles. The normalized spacial score (nSPS) is 15.0. The van der Waals surface area contributed by atoms with Crippen LogP contribution in [0.25, 0.3) is 27.5 Å². The molecule has 0 atom stereocenters. The summed E-state index contributed by atoms with van der Waals surface area (Å²) in [6.07, 6.45) is 11.2. The Morgan fingerprint density at radius 2 is 1.97 bits per heavy atom. The first-order valence-corrected chi connectivity index (χ1v) is 12.7. The Kier molecular flexibility index (Phi) is 5.37. The zero-order valence-electron chi connectivity index (χ0n) is 19.3. The van der Waals surface area contributed by atoms with Crippen LogP contribution in [0.4, 0.5) is 10.9 Å². The molecule has 172 valence electrons. The van der Waals surface area contributed by atoms with E-state index in [0.717, 1.165) is 75.8 Å². The highest BCUT2D eigenvalue weighted by Crippen LogP contribution is 2.44. The van der Waals surface area contributed by atoms with Gasteiger partial charge >= 0.3 is 0 Å². The second kappa shape index (κ2) is 8.68. The second-order valence-electron chi connectivity index (χ2n) is 8.95. The molecule has 4 aromatic rings. The summed E-state index contributed by atoms with van der Waals surface area (Å²) in [5.41, 5.74) is 7.32. The number of rotatable bonds is 5. The van der Waals surface area contributed by atoms with E-state index in [9.17, 15) is 0 Å². The molecule has 34 heavy (non-hydrogen) atoms. The molecule has 1 aliphatic heterocycles. The first-order valence-electron chi connectivity index (χ1n) is 11.8. The van der Waals surface area contributed by atoms with Crippen molar-refractivity contribution in [1.82, 2.24) is 24.7 Å². The number of piperidine rings is 1. The first-order chi connectivity index (χ1) is 16.7. The molecule has 0 amide bonds. The van der Waals surface area contributed by atoms with Gasteiger partial charge in [0.25, 0.3) is 0 Å². The number of aromatic nitrogens is 5. The van der Waals surface area contributed by atoms with Crippen molar-refractivity contribution in [3.05, 3.63) is 66.4 Å². The van der Waals surface area contributed by atoms with Crippen LogP contribution < -0.4 is 10.2 Å². The molecule has 0 saturated carbocycles. The maximum absolute atomic E-state index is 5.11. The second-order valence-corrected chi connectivity index (χ2v) is 9.95. The standard InChI is InChI=1S/C26H27N7S/c1-17(2)29-26-30-21-10-9-20-23(18-7-6-12-27-15-18)31-33(24(20)25(21)34-26)19-8-11-22(28-16-19)32-13-4-3-5-14-32/h6-8,11-12,15-16H,1,3-5,9-10,13-14H2,2H3,(H,29,30). The molecule has 0 radical (unpaired) electrons. The van der Waals surface area contributed by atoms with Crippen LogP contribution in [0.2, 0.25) is 0 Å². The van der Waals surface area contributed by atoms with Gasteiger partial charge in [-0.15, -0.1) is 0 Å². The van der Waals surface area contributed by atoms with Gasteiger partial charge in [-0.2, -0.15) is 5.10 Å². The number of nitrogens with one attached hydrogen (secondary N) is 1. The molecule has 2 aliphatic rings. The van der Waals surface area contributed by atoms with Gasteiger partial charge in [0, 0.05) is 42.3 Å². The number of hydrogen-bond donors (Lipinski definition) is 1. The van der Waals surface area contributed by atoms with Crippen LogP contribution >= 0.6 is 11.3 Å². The van der Waals surface area contributed by atoms with Crippen molar-refractivity contribution < 1.29 is 0 Å². The molecule has 7 nitrogen and oxygen atoms in total. The number of allylic oxidation sites excluding steroid dienone is 1. The quantitative estimate of drug-likeness (QED) is 0.417. The van der Waals surface area contributed by atoms with E-state index in [1.807, 2.05) is 30.1 Å². The van der Waals surface area contributed by atoms with Gasteiger partial charge in [0.1, 0.15) is 5.82 Å². The molecular weight excluding hydrogens is 442 g/mol. The fourth-order valence-electron chi connectivity index (χ4n) is 4.84.